The number of fused-ring (bicyclic) bond motifs is 1. The minimum absolute atomic E-state index is 0. The molecule has 0 amide bonds. The van der Waals surface area contributed by atoms with Crippen molar-refractivity contribution in [2.75, 3.05) is 7.11 Å². The zero-order chi connectivity index (χ0) is 13.1. The lowest BCUT2D eigenvalue weighted by atomic mass is 10.0. The Morgan fingerprint density at radius 1 is 1.26 bits per heavy atom. The third kappa shape index (κ3) is 3.78. The number of benzene rings is 1. The molecular formula is C14H18ClNO3. The Morgan fingerprint density at radius 3 is 2.63 bits per heavy atom. The van der Waals surface area contributed by atoms with Crippen LogP contribution in [0.15, 0.2) is 18.2 Å². The van der Waals surface area contributed by atoms with Gasteiger partial charge in [-0.15, -0.1) is 12.4 Å². The number of rotatable bonds is 4. The highest BCUT2D eigenvalue weighted by Gasteiger charge is 2.19. The quantitative estimate of drug-likeness (QED) is 0.674. The van der Waals surface area contributed by atoms with Crippen molar-refractivity contribution in [3.8, 4) is 0 Å². The lowest BCUT2D eigenvalue weighted by Gasteiger charge is -2.04. The Morgan fingerprint density at radius 2 is 1.95 bits per heavy atom. The highest BCUT2D eigenvalue weighted by molar-refractivity contribution is 5.97. The van der Waals surface area contributed by atoms with Crippen LogP contribution in [0.4, 0.5) is 0 Å². The molecule has 0 saturated heterocycles. The highest BCUT2D eigenvalue weighted by atomic mass is 35.5. The Bertz CT molecular complexity index is 488. The summed E-state index contributed by atoms with van der Waals surface area (Å²) in [5.74, 6) is -0.379. The normalized spacial score (nSPS) is 16.4. The number of Topliss-reactive ketones (excluding diaryl/α,β-unsaturated/α-hetero) is 1. The van der Waals surface area contributed by atoms with E-state index in [-0.39, 0.29) is 43.0 Å². The molecular weight excluding hydrogens is 266 g/mol. The number of carbonyl (C=O) groups is 2. The van der Waals surface area contributed by atoms with Crippen molar-refractivity contribution in [3.05, 3.63) is 34.9 Å². The molecule has 1 atom stereocenters. The lowest BCUT2D eigenvalue weighted by Crippen LogP contribution is -2.19. The summed E-state index contributed by atoms with van der Waals surface area (Å²) in [6.07, 6.45) is 2.03. The Hall–Kier alpha value is -1.39. The standard InChI is InChI=1S/C14H17NO3.ClH/c1-18-14(17)5-4-13(16)10-3-2-9-7-12(15)8-11(9)6-10;/h2-3,6,12H,4-5,7-8,15H2,1H3;1H. The summed E-state index contributed by atoms with van der Waals surface area (Å²) < 4.78 is 4.52. The molecule has 2 rings (SSSR count). The average molecular weight is 284 g/mol. The minimum Gasteiger partial charge on any atom is -0.469 e. The van der Waals surface area contributed by atoms with E-state index in [0.717, 1.165) is 18.4 Å². The maximum atomic E-state index is 11.9. The first kappa shape index (κ1) is 15.7. The van der Waals surface area contributed by atoms with Crippen LogP contribution in [-0.4, -0.2) is 24.9 Å². The van der Waals surface area contributed by atoms with E-state index in [2.05, 4.69) is 4.74 Å². The molecule has 0 aliphatic heterocycles. The van der Waals surface area contributed by atoms with Crippen molar-refractivity contribution in [1.82, 2.24) is 0 Å². The Balaban J connectivity index is 0.00000180. The molecule has 2 N–H and O–H groups in total. The highest BCUT2D eigenvalue weighted by Crippen LogP contribution is 2.23. The molecule has 0 spiro atoms. The van der Waals surface area contributed by atoms with Gasteiger partial charge in [-0.1, -0.05) is 12.1 Å². The van der Waals surface area contributed by atoms with Crippen molar-refractivity contribution in [2.24, 2.45) is 5.73 Å². The molecule has 0 bridgehead atoms. The van der Waals surface area contributed by atoms with Crippen LogP contribution < -0.4 is 5.73 Å². The minimum atomic E-state index is -0.355. The number of halogens is 1. The average Bonchev–Trinajstić information content (AvgIpc) is 2.74. The first-order valence-corrected chi connectivity index (χ1v) is 6.07. The summed E-state index contributed by atoms with van der Waals surface area (Å²) in [4.78, 5) is 22.9. The summed E-state index contributed by atoms with van der Waals surface area (Å²) in [5, 5.41) is 0. The molecule has 1 aromatic carbocycles. The SMILES string of the molecule is COC(=O)CCC(=O)c1ccc2c(c1)CC(N)C2.Cl. The number of nitrogens with two attached hydrogens (primary N) is 1. The summed E-state index contributed by atoms with van der Waals surface area (Å²) >= 11 is 0. The zero-order valence-electron chi connectivity index (χ0n) is 10.8. The molecule has 0 saturated carbocycles. The van der Waals surface area contributed by atoms with Crippen LogP contribution >= 0.6 is 12.4 Å². The van der Waals surface area contributed by atoms with E-state index in [0.29, 0.717) is 5.56 Å². The molecule has 1 aromatic rings. The summed E-state index contributed by atoms with van der Waals surface area (Å²) in [6, 6.07) is 5.85. The van der Waals surface area contributed by atoms with E-state index in [9.17, 15) is 9.59 Å². The topological polar surface area (TPSA) is 69.4 Å². The molecule has 1 aliphatic carbocycles. The first-order chi connectivity index (χ1) is 8.60. The number of ketones is 1. The van der Waals surface area contributed by atoms with Gasteiger partial charge in [0.15, 0.2) is 5.78 Å². The van der Waals surface area contributed by atoms with Crippen LogP contribution in [0.25, 0.3) is 0 Å². The van der Waals surface area contributed by atoms with E-state index in [1.807, 2.05) is 18.2 Å². The zero-order valence-corrected chi connectivity index (χ0v) is 11.7. The molecule has 0 aromatic heterocycles. The lowest BCUT2D eigenvalue weighted by molar-refractivity contribution is -0.140. The molecule has 0 fully saturated rings. The van der Waals surface area contributed by atoms with Crippen LogP contribution in [0.1, 0.15) is 34.3 Å². The van der Waals surface area contributed by atoms with E-state index >= 15 is 0 Å². The van der Waals surface area contributed by atoms with Crippen molar-refractivity contribution in [3.63, 3.8) is 0 Å². The van der Waals surface area contributed by atoms with Crippen molar-refractivity contribution < 1.29 is 14.3 Å². The van der Waals surface area contributed by atoms with Gasteiger partial charge in [-0.3, -0.25) is 9.59 Å². The van der Waals surface area contributed by atoms with Crippen molar-refractivity contribution in [1.29, 1.82) is 0 Å². The molecule has 1 unspecified atom stereocenters. The summed E-state index contributed by atoms with van der Waals surface area (Å²) in [6.45, 7) is 0. The van der Waals surface area contributed by atoms with E-state index in [1.165, 1.54) is 12.7 Å². The molecule has 4 nitrogen and oxygen atoms in total. The fourth-order valence-electron chi connectivity index (χ4n) is 2.29. The van der Waals surface area contributed by atoms with Gasteiger partial charge in [0.2, 0.25) is 0 Å². The van der Waals surface area contributed by atoms with Gasteiger partial charge in [0.05, 0.1) is 13.5 Å². The Labute approximate surface area is 118 Å². The van der Waals surface area contributed by atoms with E-state index < -0.39 is 0 Å². The summed E-state index contributed by atoms with van der Waals surface area (Å²) in [7, 11) is 1.32. The molecule has 19 heavy (non-hydrogen) atoms. The monoisotopic (exact) mass is 283 g/mol. The molecule has 1 aliphatic rings. The van der Waals surface area contributed by atoms with Crippen molar-refractivity contribution >= 4 is 24.2 Å². The summed E-state index contributed by atoms with van der Waals surface area (Å²) in [5.41, 5.74) is 8.93. The number of methoxy groups -OCH3 is 1. The second kappa shape index (κ2) is 6.68. The van der Waals surface area contributed by atoms with Crippen LogP contribution in [0.2, 0.25) is 0 Å². The fraction of sp³-hybridized carbons (Fsp3) is 0.429. The third-order valence-corrected chi connectivity index (χ3v) is 3.28. The molecule has 0 radical (unpaired) electrons. The maximum absolute atomic E-state index is 11.9. The molecule has 5 heteroatoms. The van der Waals surface area contributed by atoms with Gasteiger partial charge in [0.25, 0.3) is 0 Å². The van der Waals surface area contributed by atoms with Crippen molar-refractivity contribution in [2.45, 2.75) is 31.7 Å². The number of hydrogen-bond acceptors (Lipinski definition) is 4. The second-order valence-corrected chi connectivity index (χ2v) is 4.65. The third-order valence-electron chi connectivity index (χ3n) is 3.28. The van der Waals surface area contributed by atoms with Crippen LogP contribution in [0.5, 0.6) is 0 Å². The number of carbonyl (C=O) groups excluding carboxylic acids is 2. The predicted molar refractivity (Wildman–Crippen MR) is 74.7 cm³/mol. The number of hydrogen-bond donors (Lipinski definition) is 1. The fourth-order valence-corrected chi connectivity index (χ4v) is 2.29. The van der Waals surface area contributed by atoms with Gasteiger partial charge in [-0.25, -0.2) is 0 Å². The largest absolute Gasteiger partial charge is 0.469 e. The van der Waals surface area contributed by atoms with Gasteiger partial charge in [-0.2, -0.15) is 0 Å². The van der Waals surface area contributed by atoms with Gasteiger partial charge in [-0.05, 0) is 30.0 Å². The van der Waals surface area contributed by atoms with Crippen LogP contribution in [0.3, 0.4) is 0 Å². The van der Waals surface area contributed by atoms with E-state index in [4.69, 9.17) is 5.73 Å². The number of ether oxygens (including phenoxy) is 1. The second-order valence-electron chi connectivity index (χ2n) is 4.65. The first-order valence-electron chi connectivity index (χ1n) is 6.07. The predicted octanol–water partition coefficient (Wildman–Crippen LogP) is 1.67. The maximum Gasteiger partial charge on any atom is 0.305 e. The van der Waals surface area contributed by atoms with Crippen LogP contribution in [0, 0.1) is 0 Å². The molecule has 0 heterocycles. The van der Waals surface area contributed by atoms with Gasteiger partial charge >= 0.3 is 5.97 Å². The van der Waals surface area contributed by atoms with Crippen LogP contribution in [-0.2, 0) is 22.4 Å². The van der Waals surface area contributed by atoms with Gasteiger partial charge in [0.1, 0.15) is 0 Å². The molecule has 104 valence electrons. The Kier molecular flexibility index (Phi) is 5.51. The van der Waals surface area contributed by atoms with Gasteiger partial charge in [0, 0.05) is 18.0 Å². The smallest absolute Gasteiger partial charge is 0.305 e. The number of esters is 1. The van der Waals surface area contributed by atoms with E-state index in [1.54, 1.807) is 0 Å². The van der Waals surface area contributed by atoms with Gasteiger partial charge < -0.3 is 10.5 Å².